The van der Waals surface area contributed by atoms with Crippen LogP contribution in [-0.2, 0) is 11.3 Å². The normalized spacial score (nSPS) is 15.3. The summed E-state index contributed by atoms with van der Waals surface area (Å²) in [5.74, 6) is 0.679. The summed E-state index contributed by atoms with van der Waals surface area (Å²) >= 11 is 7.02. The maximum Gasteiger partial charge on any atom is 0.293 e. The van der Waals surface area contributed by atoms with E-state index in [1.54, 1.807) is 60.7 Å². The zero-order chi connectivity index (χ0) is 21.3. The third-order valence-corrected chi connectivity index (χ3v) is 5.91. The Labute approximate surface area is 182 Å². The first-order valence-corrected chi connectivity index (χ1v) is 10.3. The second kappa shape index (κ2) is 8.34. The van der Waals surface area contributed by atoms with Crippen molar-refractivity contribution < 1.29 is 18.8 Å². The maximum atomic E-state index is 12.7. The molecule has 0 atom stereocenters. The molecule has 0 unspecified atom stereocenters. The molecular formula is C23H16ClNO4S. The SMILES string of the molecule is CC(=O)c1ccc(-c2ccc(/C=C3\SC(=O)N(Cc4ccccc4Cl)C3=O)o2)cc1. The number of imide groups is 1. The Morgan fingerprint density at radius 3 is 2.50 bits per heavy atom. The number of benzene rings is 2. The Morgan fingerprint density at radius 2 is 1.80 bits per heavy atom. The van der Waals surface area contributed by atoms with Crippen LogP contribution in [0.3, 0.4) is 0 Å². The van der Waals surface area contributed by atoms with E-state index in [1.807, 2.05) is 6.07 Å². The van der Waals surface area contributed by atoms with E-state index < -0.39 is 0 Å². The maximum absolute atomic E-state index is 12.7. The summed E-state index contributed by atoms with van der Waals surface area (Å²) in [5, 5.41) is 0.157. The molecule has 0 bridgehead atoms. The molecule has 0 radical (unpaired) electrons. The molecule has 0 saturated carbocycles. The highest BCUT2D eigenvalue weighted by Crippen LogP contribution is 2.35. The average molecular weight is 438 g/mol. The van der Waals surface area contributed by atoms with Crippen LogP contribution in [0.25, 0.3) is 17.4 Å². The predicted molar refractivity (Wildman–Crippen MR) is 117 cm³/mol. The van der Waals surface area contributed by atoms with Crippen molar-refractivity contribution in [3.05, 3.63) is 87.5 Å². The minimum absolute atomic E-state index is 0.00537. The molecule has 1 aliphatic rings. The standard InChI is InChI=1S/C23H16ClNO4S/c1-14(26)15-6-8-16(9-7-15)20-11-10-18(29-20)12-21-22(27)25(23(28)30-21)13-17-4-2-3-5-19(17)24/h2-12H,13H2,1H3/b21-12-. The molecule has 4 rings (SSSR count). The molecule has 2 aromatic carbocycles. The summed E-state index contributed by atoms with van der Waals surface area (Å²) in [6.45, 7) is 1.63. The van der Waals surface area contributed by atoms with Crippen LogP contribution < -0.4 is 0 Å². The number of ketones is 1. The molecular weight excluding hydrogens is 422 g/mol. The van der Waals surface area contributed by atoms with Gasteiger partial charge in [-0.2, -0.15) is 0 Å². The number of nitrogens with zero attached hydrogens (tertiary/aromatic N) is 1. The average Bonchev–Trinajstić information content (AvgIpc) is 3.30. The van der Waals surface area contributed by atoms with Gasteiger partial charge >= 0.3 is 0 Å². The molecule has 7 heteroatoms. The first kappa shape index (κ1) is 20.2. The number of carbonyl (C=O) groups excluding carboxylic acids is 3. The monoisotopic (exact) mass is 437 g/mol. The molecule has 150 valence electrons. The second-order valence-corrected chi connectivity index (χ2v) is 8.10. The van der Waals surface area contributed by atoms with Crippen molar-refractivity contribution in [3.63, 3.8) is 0 Å². The molecule has 0 spiro atoms. The van der Waals surface area contributed by atoms with Gasteiger partial charge in [0.25, 0.3) is 11.1 Å². The lowest BCUT2D eigenvalue weighted by Gasteiger charge is -2.13. The molecule has 1 aromatic heterocycles. The minimum Gasteiger partial charge on any atom is -0.457 e. The fourth-order valence-corrected chi connectivity index (χ4v) is 4.03. The van der Waals surface area contributed by atoms with Crippen molar-refractivity contribution in [1.29, 1.82) is 0 Å². The molecule has 3 aromatic rings. The van der Waals surface area contributed by atoms with Crippen molar-refractivity contribution in [2.24, 2.45) is 0 Å². The quantitative estimate of drug-likeness (QED) is 0.359. The number of Topliss-reactive ketones (excluding diaryl/α,β-unsaturated/α-hetero) is 1. The molecule has 0 N–H and O–H groups in total. The Morgan fingerprint density at radius 1 is 1.07 bits per heavy atom. The summed E-state index contributed by atoms with van der Waals surface area (Å²) in [6, 6.07) is 17.7. The van der Waals surface area contributed by atoms with Gasteiger partial charge in [-0.15, -0.1) is 0 Å². The third-order valence-electron chi connectivity index (χ3n) is 4.64. The van der Waals surface area contributed by atoms with Crippen LogP contribution in [0.5, 0.6) is 0 Å². The number of carbonyl (C=O) groups is 3. The zero-order valence-corrected chi connectivity index (χ0v) is 17.5. The molecule has 2 heterocycles. The van der Waals surface area contributed by atoms with Gasteiger partial charge in [-0.05, 0) is 42.4 Å². The summed E-state index contributed by atoms with van der Waals surface area (Å²) in [4.78, 5) is 37.9. The fraction of sp³-hybridized carbons (Fsp3) is 0.0870. The molecule has 5 nitrogen and oxygen atoms in total. The highest BCUT2D eigenvalue weighted by atomic mass is 35.5. The lowest BCUT2D eigenvalue weighted by atomic mass is 10.1. The summed E-state index contributed by atoms with van der Waals surface area (Å²) in [6.07, 6.45) is 1.56. The van der Waals surface area contributed by atoms with Gasteiger partial charge in [-0.3, -0.25) is 19.3 Å². The van der Waals surface area contributed by atoms with Gasteiger partial charge in [0.2, 0.25) is 0 Å². The lowest BCUT2D eigenvalue weighted by molar-refractivity contribution is -0.123. The van der Waals surface area contributed by atoms with Gasteiger partial charge in [-0.25, -0.2) is 0 Å². The Hall–Kier alpha value is -3.09. The highest BCUT2D eigenvalue weighted by molar-refractivity contribution is 8.18. The van der Waals surface area contributed by atoms with Crippen molar-refractivity contribution in [2.45, 2.75) is 13.5 Å². The second-order valence-electron chi connectivity index (χ2n) is 6.69. The van der Waals surface area contributed by atoms with E-state index in [9.17, 15) is 14.4 Å². The van der Waals surface area contributed by atoms with Crippen molar-refractivity contribution in [2.75, 3.05) is 0 Å². The third kappa shape index (κ3) is 4.10. The summed E-state index contributed by atoms with van der Waals surface area (Å²) in [5.41, 5.74) is 2.14. The van der Waals surface area contributed by atoms with E-state index in [4.69, 9.17) is 16.0 Å². The Bertz CT molecular complexity index is 1180. The van der Waals surface area contributed by atoms with Crippen molar-refractivity contribution in [1.82, 2.24) is 4.90 Å². The van der Waals surface area contributed by atoms with Gasteiger partial charge in [-0.1, -0.05) is 54.1 Å². The van der Waals surface area contributed by atoms with Crippen molar-refractivity contribution >= 4 is 46.4 Å². The predicted octanol–water partition coefficient (Wildman–Crippen LogP) is 6.04. The topological polar surface area (TPSA) is 67.6 Å². The van der Waals surface area contributed by atoms with Gasteiger partial charge < -0.3 is 4.42 Å². The van der Waals surface area contributed by atoms with Gasteiger partial charge in [0.15, 0.2) is 5.78 Å². The van der Waals surface area contributed by atoms with E-state index >= 15 is 0 Å². The summed E-state index contributed by atoms with van der Waals surface area (Å²) < 4.78 is 5.81. The largest absolute Gasteiger partial charge is 0.457 e. The highest BCUT2D eigenvalue weighted by Gasteiger charge is 2.35. The number of hydrogen-bond acceptors (Lipinski definition) is 5. The van der Waals surface area contributed by atoms with E-state index in [1.165, 1.54) is 11.8 Å². The van der Waals surface area contributed by atoms with Crippen LogP contribution in [0, 0.1) is 0 Å². The molecule has 2 amide bonds. The minimum atomic E-state index is -0.381. The lowest BCUT2D eigenvalue weighted by Crippen LogP contribution is -2.27. The number of halogens is 1. The van der Waals surface area contributed by atoms with E-state index in [2.05, 4.69) is 0 Å². The number of rotatable bonds is 5. The first-order chi connectivity index (χ1) is 14.4. The van der Waals surface area contributed by atoms with Crippen LogP contribution in [0.2, 0.25) is 5.02 Å². The van der Waals surface area contributed by atoms with Gasteiger partial charge in [0.1, 0.15) is 11.5 Å². The molecule has 30 heavy (non-hydrogen) atoms. The number of amides is 2. The van der Waals surface area contributed by atoms with Crippen molar-refractivity contribution in [3.8, 4) is 11.3 Å². The summed E-state index contributed by atoms with van der Waals surface area (Å²) in [7, 11) is 0. The van der Waals surface area contributed by atoms with Crippen LogP contribution in [0.15, 0.2) is 70.0 Å². The van der Waals surface area contributed by atoms with Gasteiger partial charge in [0.05, 0.1) is 11.4 Å². The van der Waals surface area contributed by atoms with E-state index in [0.29, 0.717) is 32.6 Å². The van der Waals surface area contributed by atoms with Crippen LogP contribution in [0.1, 0.15) is 28.6 Å². The molecule has 1 aliphatic heterocycles. The molecule has 1 fully saturated rings. The fourth-order valence-electron chi connectivity index (χ4n) is 3.02. The van der Waals surface area contributed by atoms with Gasteiger partial charge in [0, 0.05) is 22.2 Å². The molecule has 1 saturated heterocycles. The zero-order valence-electron chi connectivity index (χ0n) is 15.9. The van der Waals surface area contributed by atoms with Crippen LogP contribution in [0.4, 0.5) is 4.79 Å². The van der Waals surface area contributed by atoms with Crippen LogP contribution in [-0.4, -0.2) is 21.8 Å². The smallest absolute Gasteiger partial charge is 0.293 e. The van der Waals surface area contributed by atoms with E-state index in [0.717, 1.165) is 17.3 Å². The van der Waals surface area contributed by atoms with Crippen LogP contribution >= 0.6 is 23.4 Å². The number of furan rings is 1. The molecule has 0 aliphatic carbocycles. The number of hydrogen-bond donors (Lipinski definition) is 0. The Balaban J connectivity index is 1.53. The Kier molecular flexibility index (Phi) is 5.61. The van der Waals surface area contributed by atoms with E-state index in [-0.39, 0.29) is 23.5 Å². The first-order valence-electron chi connectivity index (χ1n) is 9.12. The number of thioether (sulfide) groups is 1.